The van der Waals surface area contributed by atoms with Gasteiger partial charge in [0.2, 0.25) is 0 Å². The first-order chi connectivity index (χ1) is 7.27. The molecular weight excluding hydrogens is 190 g/mol. The highest BCUT2D eigenvalue weighted by Crippen LogP contribution is 2.38. The smallest absolute Gasteiger partial charge is 0.140 e. The number of aromatic nitrogens is 2. The first-order valence-corrected chi connectivity index (χ1v) is 4.88. The summed E-state index contributed by atoms with van der Waals surface area (Å²) in [5.41, 5.74) is 2.82. The summed E-state index contributed by atoms with van der Waals surface area (Å²) < 4.78 is 2.00. The summed E-state index contributed by atoms with van der Waals surface area (Å²) in [6.45, 7) is 2.04. The minimum absolute atomic E-state index is 0.160. The average Bonchev–Trinajstić information content (AvgIpc) is 2.69. The third kappa shape index (κ3) is 1.05. The van der Waals surface area contributed by atoms with Crippen LogP contribution in [0, 0.1) is 0 Å². The molecule has 2 N–H and O–H groups in total. The van der Waals surface area contributed by atoms with Gasteiger partial charge in [-0.25, -0.2) is 4.98 Å². The van der Waals surface area contributed by atoms with E-state index in [0.29, 0.717) is 0 Å². The van der Waals surface area contributed by atoms with Gasteiger partial charge in [-0.05, 0) is 19.1 Å². The molecule has 1 atom stereocenters. The summed E-state index contributed by atoms with van der Waals surface area (Å²) in [5, 5.41) is 13.0. The van der Waals surface area contributed by atoms with E-state index < -0.39 is 0 Å². The van der Waals surface area contributed by atoms with Crippen molar-refractivity contribution in [1.82, 2.24) is 9.55 Å². The van der Waals surface area contributed by atoms with Gasteiger partial charge >= 0.3 is 0 Å². The van der Waals surface area contributed by atoms with Crippen molar-refractivity contribution in [2.24, 2.45) is 0 Å². The summed E-state index contributed by atoms with van der Waals surface area (Å²) in [6.07, 6.45) is 3.61. The maximum atomic E-state index is 9.74. The molecule has 2 aromatic rings. The number of anilines is 1. The van der Waals surface area contributed by atoms with E-state index in [0.717, 1.165) is 17.1 Å². The number of nitrogens with one attached hydrogen (secondary N) is 1. The molecule has 1 aromatic heterocycles. The largest absolute Gasteiger partial charge is 0.506 e. The Bertz CT molecular complexity index is 518. The third-order valence-electron chi connectivity index (χ3n) is 2.75. The number of fused-ring (bicyclic) bond motifs is 3. The fourth-order valence-electron chi connectivity index (χ4n) is 1.99. The fourth-order valence-corrected chi connectivity index (χ4v) is 1.99. The van der Waals surface area contributed by atoms with Crippen LogP contribution < -0.4 is 5.32 Å². The lowest BCUT2D eigenvalue weighted by Gasteiger charge is -2.26. The van der Waals surface area contributed by atoms with Crippen molar-refractivity contribution in [3.63, 3.8) is 0 Å². The standard InChI is InChI=1S/C11H11N3O/c1-7-9-5-12-6-14(9)8-3-2-4-10(15)11(8)13-7/h2-7,13,15H,1H3/t7-/m0/s1. The summed E-state index contributed by atoms with van der Waals surface area (Å²) in [4.78, 5) is 4.12. The number of para-hydroxylation sites is 1. The van der Waals surface area contributed by atoms with Gasteiger partial charge < -0.3 is 10.4 Å². The van der Waals surface area contributed by atoms with Crippen molar-refractivity contribution in [2.45, 2.75) is 13.0 Å². The normalized spacial score (nSPS) is 17.8. The van der Waals surface area contributed by atoms with Crippen molar-refractivity contribution < 1.29 is 5.11 Å². The van der Waals surface area contributed by atoms with E-state index in [1.165, 1.54) is 0 Å². The van der Waals surface area contributed by atoms with Gasteiger partial charge in [-0.3, -0.25) is 4.57 Å². The second kappa shape index (κ2) is 2.76. The minimum atomic E-state index is 0.160. The molecule has 0 saturated heterocycles. The Labute approximate surface area is 87.2 Å². The van der Waals surface area contributed by atoms with Crippen molar-refractivity contribution in [3.05, 3.63) is 36.4 Å². The average molecular weight is 201 g/mol. The van der Waals surface area contributed by atoms with Gasteiger partial charge in [-0.1, -0.05) is 6.07 Å². The number of rotatable bonds is 0. The number of hydrogen-bond acceptors (Lipinski definition) is 3. The second-order valence-electron chi connectivity index (χ2n) is 3.73. The quantitative estimate of drug-likeness (QED) is 0.641. The number of aromatic hydroxyl groups is 1. The van der Waals surface area contributed by atoms with Gasteiger partial charge in [-0.2, -0.15) is 0 Å². The van der Waals surface area contributed by atoms with Gasteiger partial charge in [0, 0.05) is 0 Å². The topological polar surface area (TPSA) is 50.1 Å². The summed E-state index contributed by atoms with van der Waals surface area (Å²) in [7, 11) is 0. The molecule has 76 valence electrons. The zero-order valence-electron chi connectivity index (χ0n) is 8.31. The maximum absolute atomic E-state index is 9.74. The molecule has 0 aliphatic carbocycles. The number of nitrogens with zero attached hydrogens (tertiary/aromatic N) is 2. The Morgan fingerprint density at radius 2 is 2.33 bits per heavy atom. The lowest BCUT2D eigenvalue weighted by atomic mass is 10.1. The Kier molecular flexibility index (Phi) is 1.54. The summed E-state index contributed by atoms with van der Waals surface area (Å²) in [5.74, 6) is 0.277. The number of imidazole rings is 1. The highest BCUT2D eigenvalue weighted by molar-refractivity contribution is 5.71. The van der Waals surface area contributed by atoms with E-state index in [9.17, 15) is 5.11 Å². The van der Waals surface area contributed by atoms with Crippen LogP contribution in [0.15, 0.2) is 30.7 Å². The van der Waals surface area contributed by atoms with Gasteiger partial charge in [0.05, 0.1) is 29.9 Å². The highest BCUT2D eigenvalue weighted by atomic mass is 16.3. The first-order valence-electron chi connectivity index (χ1n) is 4.88. The van der Waals surface area contributed by atoms with Crippen LogP contribution in [0.5, 0.6) is 5.75 Å². The van der Waals surface area contributed by atoms with Gasteiger partial charge in [0.15, 0.2) is 0 Å². The van der Waals surface area contributed by atoms with E-state index in [4.69, 9.17) is 0 Å². The molecule has 3 rings (SSSR count). The molecule has 0 unspecified atom stereocenters. The number of benzene rings is 1. The predicted octanol–water partition coefficient (Wildman–Crippen LogP) is 2.06. The summed E-state index contributed by atoms with van der Waals surface area (Å²) in [6, 6.07) is 5.63. The SMILES string of the molecule is C[C@@H]1Nc2c(O)cccc2-n2cncc21. The van der Waals surface area contributed by atoms with Gasteiger partial charge in [0.1, 0.15) is 11.4 Å². The van der Waals surface area contributed by atoms with Crippen LogP contribution >= 0.6 is 0 Å². The van der Waals surface area contributed by atoms with Crippen molar-refractivity contribution >= 4 is 5.69 Å². The van der Waals surface area contributed by atoms with Crippen LogP contribution in [0.1, 0.15) is 18.7 Å². The molecule has 1 aliphatic rings. The van der Waals surface area contributed by atoms with Crippen LogP contribution in [0.2, 0.25) is 0 Å². The van der Waals surface area contributed by atoms with Crippen LogP contribution in [0.25, 0.3) is 5.69 Å². The Hall–Kier alpha value is -1.97. The Balaban J connectivity index is 2.31. The molecule has 1 aliphatic heterocycles. The minimum Gasteiger partial charge on any atom is -0.506 e. The monoisotopic (exact) mass is 201 g/mol. The van der Waals surface area contributed by atoms with Crippen molar-refractivity contribution in [3.8, 4) is 11.4 Å². The van der Waals surface area contributed by atoms with Gasteiger partial charge in [0.25, 0.3) is 0 Å². The number of phenols is 1. The van der Waals surface area contributed by atoms with E-state index >= 15 is 0 Å². The lowest BCUT2D eigenvalue weighted by Crippen LogP contribution is -2.18. The van der Waals surface area contributed by atoms with E-state index in [2.05, 4.69) is 10.3 Å². The number of phenolic OH excluding ortho intramolecular Hbond substituents is 1. The molecule has 0 spiro atoms. The van der Waals surface area contributed by atoms with Crippen LogP contribution in [-0.4, -0.2) is 14.7 Å². The Morgan fingerprint density at radius 1 is 1.47 bits per heavy atom. The Morgan fingerprint density at radius 3 is 3.20 bits per heavy atom. The fraction of sp³-hybridized carbons (Fsp3) is 0.182. The molecule has 4 heteroatoms. The third-order valence-corrected chi connectivity index (χ3v) is 2.75. The predicted molar refractivity (Wildman–Crippen MR) is 57.3 cm³/mol. The molecule has 2 heterocycles. The number of hydrogen-bond donors (Lipinski definition) is 2. The summed E-state index contributed by atoms with van der Waals surface area (Å²) >= 11 is 0. The second-order valence-corrected chi connectivity index (χ2v) is 3.73. The molecule has 0 radical (unpaired) electrons. The van der Waals surface area contributed by atoms with Crippen molar-refractivity contribution in [1.29, 1.82) is 0 Å². The molecule has 0 fully saturated rings. The molecule has 4 nitrogen and oxygen atoms in total. The van der Waals surface area contributed by atoms with Crippen LogP contribution in [0.3, 0.4) is 0 Å². The molecule has 0 saturated carbocycles. The van der Waals surface area contributed by atoms with E-state index in [1.807, 2.05) is 29.8 Å². The van der Waals surface area contributed by atoms with Crippen LogP contribution in [-0.2, 0) is 0 Å². The van der Waals surface area contributed by atoms with Crippen LogP contribution in [0.4, 0.5) is 5.69 Å². The van der Waals surface area contributed by atoms with Gasteiger partial charge in [-0.15, -0.1) is 0 Å². The zero-order valence-corrected chi connectivity index (χ0v) is 8.31. The molecular formula is C11H11N3O. The zero-order chi connectivity index (χ0) is 10.4. The lowest BCUT2D eigenvalue weighted by molar-refractivity contribution is 0.475. The molecule has 15 heavy (non-hydrogen) atoms. The highest BCUT2D eigenvalue weighted by Gasteiger charge is 2.22. The first kappa shape index (κ1) is 8.35. The van der Waals surface area contributed by atoms with E-state index in [-0.39, 0.29) is 11.8 Å². The van der Waals surface area contributed by atoms with Crippen molar-refractivity contribution in [2.75, 3.05) is 5.32 Å². The maximum Gasteiger partial charge on any atom is 0.140 e. The molecule has 1 aromatic carbocycles. The van der Waals surface area contributed by atoms with E-state index in [1.54, 1.807) is 12.4 Å². The molecule has 0 amide bonds. The molecule has 0 bridgehead atoms.